The van der Waals surface area contributed by atoms with Crippen LogP contribution in [0.15, 0.2) is 212 Å². The minimum absolute atomic E-state index is 1.09. The van der Waals surface area contributed by atoms with Gasteiger partial charge in [-0.25, -0.2) is 0 Å². The molecule has 0 fully saturated rings. The van der Waals surface area contributed by atoms with E-state index in [0.29, 0.717) is 0 Å². The Morgan fingerprint density at radius 3 is 1.23 bits per heavy atom. The first kappa shape index (κ1) is 30.7. The minimum atomic E-state index is 1.09. The zero-order chi connectivity index (χ0) is 35.1. The third-order valence-corrected chi connectivity index (χ3v) is 10.3. The van der Waals surface area contributed by atoms with E-state index in [4.69, 9.17) is 0 Å². The quantitative estimate of drug-likeness (QED) is 0.164. The first-order chi connectivity index (χ1) is 26.3. The fourth-order valence-corrected chi connectivity index (χ4v) is 7.86. The summed E-state index contributed by atoms with van der Waals surface area (Å²) in [6.07, 6.45) is 0. The van der Waals surface area contributed by atoms with Gasteiger partial charge in [-0.1, -0.05) is 146 Å². The zero-order valence-corrected chi connectivity index (χ0v) is 29.0. The zero-order valence-electron chi connectivity index (χ0n) is 29.0. The summed E-state index contributed by atoms with van der Waals surface area (Å²) >= 11 is 0. The number of hydrogen-bond acceptors (Lipinski definition) is 1. The Labute approximate surface area is 308 Å². The smallest absolute Gasteiger partial charge is 0.131 e. The summed E-state index contributed by atoms with van der Waals surface area (Å²) in [5, 5.41) is 3.71. The van der Waals surface area contributed by atoms with E-state index in [1.54, 1.807) is 0 Å². The van der Waals surface area contributed by atoms with Crippen molar-refractivity contribution < 1.29 is 0 Å². The number of nitrogens with zero attached hydrogens (tertiary/aromatic N) is 3. The molecule has 0 unspecified atom stereocenters. The molecule has 10 aromatic rings. The first-order valence-corrected chi connectivity index (χ1v) is 18.1. The second-order valence-corrected chi connectivity index (χ2v) is 13.4. The van der Waals surface area contributed by atoms with E-state index in [9.17, 15) is 0 Å². The summed E-state index contributed by atoms with van der Waals surface area (Å²) < 4.78 is 4.86. The van der Waals surface area contributed by atoms with Gasteiger partial charge in [0.1, 0.15) is 5.65 Å². The summed E-state index contributed by atoms with van der Waals surface area (Å²) in [6, 6.07) is 76.2. The van der Waals surface area contributed by atoms with Gasteiger partial charge < -0.3 is 4.90 Å². The molecule has 53 heavy (non-hydrogen) atoms. The van der Waals surface area contributed by atoms with Crippen molar-refractivity contribution in [3.05, 3.63) is 212 Å². The predicted molar refractivity (Wildman–Crippen MR) is 223 cm³/mol. The number of hydrogen-bond donors (Lipinski definition) is 0. The summed E-state index contributed by atoms with van der Waals surface area (Å²) in [7, 11) is 0. The lowest BCUT2D eigenvalue weighted by Crippen LogP contribution is -2.10. The van der Waals surface area contributed by atoms with Gasteiger partial charge in [0.15, 0.2) is 0 Å². The molecule has 0 radical (unpaired) electrons. The highest BCUT2D eigenvalue weighted by molar-refractivity contribution is 6.23. The number of fused-ring (bicyclic) bond motifs is 5. The number of para-hydroxylation sites is 3. The van der Waals surface area contributed by atoms with Crippen molar-refractivity contribution in [1.82, 2.24) is 9.13 Å². The number of rotatable bonds is 7. The normalized spacial score (nSPS) is 11.4. The van der Waals surface area contributed by atoms with Crippen LogP contribution < -0.4 is 4.90 Å². The fraction of sp³-hybridized carbons (Fsp3) is 0. The summed E-state index contributed by atoms with van der Waals surface area (Å²) in [5.74, 6) is 0. The first-order valence-electron chi connectivity index (χ1n) is 18.1. The van der Waals surface area contributed by atoms with Crippen LogP contribution in [0.3, 0.4) is 0 Å². The molecule has 0 atom stereocenters. The van der Waals surface area contributed by atoms with Crippen LogP contribution in [0.2, 0.25) is 0 Å². The Morgan fingerprint density at radius 2 is 0.698 bits per heavy atom. The molecule has 0 bridgehead atoms. The Hall–Kier alpha value is -7.10. The van der Waals surface area contributed by atoms with Crippen molar-refractivity contribution in [3.8, 4) is 33.6 Å². The van der Waals surface area contributed by atoms with Gasteiger partial charge in [0.05, 0.1) is 11.0 Å². The molecule has 8 aromatic carbocycles. The van der Waals surface area contributed by atoms with Crippen molar-refractivity contribution in [1.29, 1.82) is 0 Å². The van der Waals surface area contributed by atoms with Crippen LogP contribution in [0, 0.1) is 0 Å². The van der Waals surface area contributed by atoms with E-state index in [1.807, 2.05) is 0 Å². The monoisotopic (exact) mass is 677 g/mol. The number of anilines is 3. The molecule has 0 aliphatic heterocycles. The van der Waals surface area contributed by atoms with Crippen LogP contribution in [0.5, 0.6) is 0 Å². The van der Waals surface area contributed by atoms with Crippen molar-refractivity contribution in [2.45, 2.75) is 0 Å². The van der Waals surface area contributed by atoms with Gasteiger partial charge in [-0.2, -0.15) is 0 Å². The molecule has 0 saturated heterocycles. The predicted octanol–water partition coefficient (Wildman–Crippen LogP) is 13.5. The molecular formula is C50H35N3. The SMILES string of the molecule is c1ccc(-c2ccc(N(c3ccc(-c4ccccc4)cc3)c3ccc4c5c6ccccc6n(-c6ccccc6)c5n(-c5ccccc5)c4c3)cc2)cc1. The Balaban J connectivity index is 1.22. The topological polar surface area (TPSA) is 13.1 Å². The third-order valence-electron chi connectivity index (χ3n) is 10.3. The van der Waals surface area contributed by atoms with E-state index in [1.165, 1.54) is 43.9 Å². The van der Waals surface area contributed by atoms with E-state index >= 15 is 0 Å². The lowest BCUT2D eigenvalue weighted by atomic mass is 10.0. The Bertz CT molecular complexity index is 2750. The maximum absolute atomic E-state index is 2.44. The molecular weight excluding hydrogens is 643 g/mol. The van der Waals surface area contributed by atoms with E-state index in [2.05, 4.69) is 226 Å². The maximum Gasteiger partial charge on any atom is 0.131 e. The van der Waals surface area contributed by atoms with Gasteiger partial charge in [-0.05, 0) is 89.0 Å². The minimum Gasteiger partial charge on any atom is -0.310 e. The molecule has 0 spiro atoms. The molecule has 0 N–H and O–H groups in total. The maximum atomic E-state index is 2.44. The fourth-order valence-electron chi connectivity index (χ4n) is 7.86. The molecule has 0 aliphatic carbocycles. The van der Waals surface area contributed by atoms with Crippen LogP contribution in [0.1, 0.15) is 0 Å². The average Bonchev–Trinajstić information content (AvgIpc) is 3.75. The van der Waals surface area contributed by atoms with Gasteiger partial charge in [-0.3, -0.25) is 9.13 Å². The van der Waals surface area contributed by atoms with E-state index < -0.39 is 0 Å². The van der Waals surface area contributed by atoms with Crippen LogP contribution in [-0.2, 0) is 0 Å². The molecule has 250 valence electrons. The van der Waals surface area contributed by atoms with Crippen molar-refractivity contribution in [3.63, 3.8) is 0 Å². The third kappa shape index (κ3) is 5.30. The Kier molecular flexibility index (Phi) is 7.47. The van der Waals surface area contributed by atoms with Crippen LogP contribution in [0.4, 0.5) is 17.1 Å². The lowest BCUT2D eigenvalue weighted by Gasteiger charge is -2.26. The number of aromatic nitrogens is 2. The van der Waals surface area contributed by atoms with Crippen molar-refractivity contribution in [2.75, 3.05) is 4.90 Å². The largest absolute Gasteiger partial charge is 0.310 e. The van der Waals surface area contributed by atoms with Gasteiger partial charge in [0, 0.05) is 44.6 Å². The van der Waals surface area contributed by atoms with Crippen LogP contribution in [0.25, 0.3) is 66.5 Å². The number of benzene rings is 8. The standard InChI is InChI=1S/C50H35N3/c1-5-15-36(16-6-1)38-25-29-42(30-26-38)51(43-31-27-39(28-32-43)37-17-7-2-8-18-37)44-33-34-46-48(35-44)53(41-21-11-4-12-22-41)50-49(46)45-23-13-14-24-47(45)52(50)40-19-9-3-10-20-40/h1-35H. The molecule has 2 aromatic heterocycles. The van der Waals surface area contributed by atoms with Gasteiger partial charge in [0.25, 0.3) is 0 Å². The van der Waals surface area contributed by atoms with Crippen molar-refractivity contribution in [2.24, 2.45) is 0 Å². The highest BCUT2D eigenvalue weighted by Gasteiger charge is 2.23. The molecule has 0 amide bonds. The summed E-state index contributed by atoms with van der Waals surface area (Å²) in [4.78, 5) is 2.37. The average molecular weight is 678 g/mol. The van der Waals surface area contributed by atoms with Gasteiger partial charge in [0.2, 0.25) is 0 Å². The summed E-state index contributed by atoms with van der Waals surface area (Å²) in [5.41, 5.74) is 13.8. The molecule has 3 heteroatoms. The second-order valence-electron chi connectivity index (χ2n) is 13.4. The molecule has 0 aliphatic rings. The van der Waals surface area contributed by atoms with E-state index in [0.717, 1.165) is 39.6 Å². The molecule has 2 heterocycles. The summed E-state index contributed by atoms with van der Waals surface area (Å²) in [6.45, 7) is 0. The van der Waals surface area contributed by atoms with Crippen LogP contribution >= 0.6 is 0 Å². The highest BCUT2D eigenvalue weighted by Crippen LogP contribution is 2.44. The molecule has 3 nitrogen and oxygen atoms in total. The second kappa shape index (κ2) is 12.9. The highest BCUT2D eigenvalue weighted by atomic mass is 15.2. The molecule has 0 saturated carbocycles. The Morgan fingerprint density at radius 1 is 0.302 bits per heavy atom. The van der Waals surface area contributed by atoms with Crippen LogP contribution in [-0.4, -0.2) is 9.13 Å². The van der Waals surface area contributed by atoms with E-state index in [-0.39, 0.29) is 0 Å². The van der Waals surface area contributed by atoms with Gasteiger partial charge >= 0.3 is 0 Å². The van der Waals surface area contributed by atoms with Gasteiger partial charge in [-0.15, -0.1) is 0 Å². The molecule has 10 rings (SSSR count). The lowest BCUT2D eigenvalue weighted by molar-refractivity contribution is 1.07. The van der Waals surface area contributed by atoms with Crippen molar-refractivity contribution >= 4 is 49.9 Å².